The number of Topliss-reactive ketones (excluding diaryl/α,β-unsaturated/α-hetero) is 2. The van der Waals surface area contributed by atoms with Crippen molar-refractivity contribution in [2.75, 3.05) is 58.9 Å². The maximum atomic E-state index is 14.8. The highest BCUT2D eigenvalue weighted by atomic mass is 32.1. The molecule has 0 radical (unpaired) electrons. The van der Waals surface area contributed by atoms with Crippen molar-refractivity contribution in [2.24, 2.45) is 29.6 Å². The van der Waals surface area contributed by atoms with Gasteiger partial charge in [0, 0.05) is 106 Å². The van der Waals surface area contributed by atoms with Crippen LogP contribution >= 0.6 is 11.3 Å². The molecule has 0 fully saturated rings. The van der Waals surface area contributed by atoms with Crippen molar-refractivity contribution >= 4 is 64.1 Å². The van der Waals surface area contributed by atoms with Gasteiger partial charge in [-0.3, -0.25) is 43.3 Å². The van der Waals surface area contributed by atoms with Gasteiger partial charge in [0.25, 0.3) is 5.91 Å². The van der Waals surface area contributed by atoms with Crippen LogP contribution in [0.2, 0.25) is 0 Å². The molecule has 5 N–H and O–H groups in total. The Bertz CT molecular complexity index is 2290. The standard InChI is InChI=1S/C62H103N7O11S/c1-15-30-69(60(76)49(42(8)18-4)38-54(71)62(11,12)68(13)14)52(41(6)7)39-53(80-32-17-3)59-67-51(40-81-59)58(75)65-47(34-44(10)61(77)78)35-45-26-25-43(9)50(36-45)66-56(73)24-22-29-64-57(74)46(37-48(70)19-5)23-20-21-28-63-55(72)27-33-79-31-16-2/h25-26,36,40-42,44,46-47,49,52-53H,15-24,27-35,37-39H2,1-14H3,(H,63,72)(H,64,74)(H,65,75)(H,66,73)(H,77,78)/t42?,44?,46?,47-,49+,52-,53-/m1/s1. The number of thiazole rings is 1. The molecule has 3 unspecified atom stereocenters. The Balaban J connectivity index is 2.23. The summed E-state index contributed by atoms with van der Waals surface area (Å²) in [6.45, 7) is 26.0. The van der Waals surface area contributed by atoms with Crippen LogP contribution in [0.4, 0.5) is 5.69 Å². The molecule has 0 aliphatic rings. The lowest BCUT2D eigenvalue weighted by Crippen LogP contribution is -2.51. The molecular weight excluding hydrogens is 1050 g/mol. The van der Waals surface area contributed by atoms with Crippen molar-refractivity contribution in [1.29, 1.82) is 0 Å². The van der Waals surface area contributed by atoms with E-state index in [2.05, 4.69) is 35.1 Å². The highest BCUT2D eigenvalue weighted by molar-refractivity contribution is 7.09. The minimum atomic E-state index is -1.00. The number of ketones is 2. The molecule has 0 spiro atoms. The highest BCUT2D eigenvalue weighted by Crippen LogP contribution is 2.34. The number of carboxylic acid groups (broad SMARTS) is 1. The number of anilines is 1. The van der Waals surface area contributed by atoms with Gasteiger partial charge in [-0.15, -0.1) is 11.3 Å². The predicted octanol–water partition coefficient (Wildman–Crippen LogP) is 9.91. The molecule has 1 aromatic heterocycles. The number of carbonyl (C=O) groups excluding carboxylic acids is 7. The number of hydrogen-bond acceptors (Lipinski definition) is 13. The Kier molecular flexibility index (Phi) is 33.7. The lowest BCUT2D eigenvalue weighted by molar-refractivity contribution is -0.145. The number of ether oxygens (including phenoxy) is 2. The minimum Gasteiger partial charge on any atom is -0.481 e. The lowest BCUT2D eigenvalue weighted by atomic mass is 9.81. The van der Waals surface area contributed by atoms with E-state index in [1.165, 1.54) is 11.3 Å². The Morgan fingerprint density at radius 2 is 1.51 bits per heavy atom. The fraction of sp³-hybridized carbons (Fsp3) is 0.726. The van der Waals surface area contributed by atoms with E-state index in [-0.39, 0.29) is 97.4 Å². The van der Waals surface area contributed by atoms with Crippen LogP contribution in [0, 0.1) is 36.5 Å². The van der Waals surface area contributed by atoms with E-state index in [0.717, 1.165) is 36.8 Å². The maximum absolute atomic E-state index is 14.8. The summed E-state index contributed by atoms with van der Waals surface area (Å²) < 4.78 is 11.9. The van der Waals surface area contributed by atoms with Gasteiger partial charge in [0.2, 0.25) is 23.6 Å². The number of carbonyl (C=O) groups is 8. The van der Waals surface area contributed by atoms with Gasteiger partial charge >= 0.3 is 5.97 Å². The van der Waals surface area contributed by atoms with Gasteiger partial charge in [0.05, 0.1) is 18.1 Å². The number of benzene rings is 1. The van der Waals surface area contributed by atoms with Gasteiger partial charge < -0.3 is 40.7 Å². The average molecular weight is 1150 g/mol. The van der Waals surface area contributed by atoms with Crippen LogP contribution in [-0.4, -0.2) is 138 Å². The fourth-order valence-corrected chi connectivity index (χ4v) is 10.3. The van der Waals surface area contributed by atoms with Crippen LogP contribution in [0.25, 0.3) is 0 Å². The second-order valence-electron chi connectivity index (χ2n) is 23.0. The van der Waals surface area contributed by atoms with Crippen LogP contribution in [0.5, 0.6) is 0 Å². The first kappa shape index (κ1) is 72.0. The van der Waals surface area contributed by atoms with Crippen molar-refractivity contribution in [3.05, 3.63) is 45.4 Å². The number of carboxylic acids is 1. The van der Waals surface area contributed by atoms with Crippen molar-refractivity contribution in [2.45, 2.75) is 210 Å². The van der Waals surface area contributed by atoms with Crippen LogP contribution in [0.1, 0.15) is 205 Å². The molecule has 458 valence electrons. The topological polar surface area (TPSA) is 243 Å². The number of likely N-dealkylation sites (N-methyl/N-ethyl adjacent to an activating group) is 1. The summed E-state index contributed by atoms with van der Waals surface area (Å²) in [4.78, 5) is 115. The third kappa shape index (κ3) is 25.5. The molecule has 0 aliphatic carbocycles. The van der Waals surface area contributed by atoms with E-state index >= 15 is 0 Å². The molecule has 1 heterocycles. The first-order chi connectivity index (χ1) is 38.3. The molecule has 0 saturated heterocycles. The van der Waals surface area contributed by atoms with Crippen LogP contribution < -0.4 is 21.3 Å². The predicted molar refractivity (Wildman–Crippen MR) is 321 cm³/mol. The number of aryl methyl sites for hydroxylation is 1. The van der Waals surface area contributed by atoms with E-state index < -0.39 is 47.3 Å². The number of nitrogens with one attached hydrogen (secondary N) is 4. The summed E-state index contributed by atoms with van der Waals surface area (Å²) in [5, 5.41) is 24.0. The molecule has 0 saturated carbocycles. The van der Waals surface area contributed by atoms with Crippen molar-refractivity contribution in [3.8, 4) is 0 Å². The number of unbranched alkanes of at least 4 members (excludes halogenated alkanes) is 1. The molecule has 81 heavy (non-hydrogen) atoms. The van der Waals surface area contributed by atoms with E-state index in [4.69, 9.17) is 14.5 Å². The fourth-order valence-electron chi connectivity index (χ4n) is 9.43. The minimum absolute atomic E-state index is 0.00595. The normalized spacial score (nSPS) is 14.3. The number of amides is 5. The van der Waals surface area contributed by atoms with Gasteiger partial charge in [-0.25, -0.2) is 4.98 Å². The molecule has 18 nitrogen and oxygen atoms in total. The monoisotopic (exact) mass is 1150 g/mol. The second-order valence-corrected chi connectivity index (χ2v) is 23.9. The van der Waals surface area contributed by atoms with Crippen molar-refractivity contribution < 1.29 is 52.9 Å². The number of aliphatic carboxylic acids is 1. The first-order valence-electron chi connectivity index (χ1n) is 30.0. The molecule has 0 aliphatic heterocycles. The van der Waals surface area contributed by atoms with Crippen LogP contribution in [0.15, 0.2) is 23.6 Å². The molecule has 2 aromatic rings. The summed E-state index contributed by atoms with van der Waals surface area (Å²) in [5.74, 6) is -3.88. The number of rotatable bonds is 43. The molecule has 2 rings (SSSR count). The van der Waals surface area contributed by atoms with Crippen LogP contribution in [0.3, 0.4) is 0 Å². The van der Waals surface area contributed by atoms with E-state index in [1.54, 1.807) is 19.2 Å². The van der Waals surface area contributed by atoms with E-state index in [9.17, 15) is 43.5 Å². The molecule has 7 atom stereocenters. The maximum Gasteiger partial charge on any atom is 0.306 e. The zero-order valence-corrected chi connectivity index (χ0v) is 52.6. The molecule has 1 aromatic carbocycles. The van der Waals surface area contributed by atoms with Gasteiger partial charge in [-0.2, -0.15) is 0 Å². The van der Waals surface area contributed by atoms with Gasteiger partial charge in [-0.05, 0) is 115 Å². The third-order valence-electron chi connectivity index (χ3n) is 15.5. The van der Waals surface area contributed by atoms with Crippen molar-refractivity contribution in [3.63, 3.8) is 0 Å². The van der Waals surface area contributed by atoms with E-state index in [1.807, 2.05) is 97.5 Å². The first-order valence-corrected chi connectivity index (χ1v) is 30.9. The van der Waals surface area contributed by atoms with Crippen LogP contribution in [-0.2, 0) is 49.5 Å². The third-order valence-corrected chi connectivity index (χ3v) is 16.4. The molecule has 19 heteroatoms. The van der Waals surface area contributed by atoms with E-state index in [0.29, 0.717) is 88.6 Å². The van der Waals surface area contributed by atoms with Gasteiger partial charge in [-0.1, -0.05) is 87.3 Å². The van der Waals surface area contributed by atoms with Gasteiger partial charge in [0.1, 0.15) is 22.6 Å². The summed E-state index contributed by atoms with van der Waals surface area (Å²) in [6.07, 6.45) is 6.54. The summed E-state index contributed by atoms with van der Waals surface area (Å²) >= 11 is 1.30. The zero-order valence-electron chi connectivity index (χ0n) is 51.8. The Morgan fingerprint density at radius 1 is 0.815 bits per heavy atom. The highest BCUT2D eigenvalue weighted by Gasteiger charge is 2.40. The number of hydrogen-bond donors (Lipinski definition) is 5. The quantitative estimate of drug-likeness (QED) is 0.0389. The number of aromatic nitrogens is 1. The Morgan fingerprint density at radius 3 is 2.12 bits per heavy atom. The van der Waals surface area contributed by atoms with Crippen molar-refractivity contribution in [1.82, 2.24) is 30.7 Å². The largest absolute Gasteiger partial charge is 0.481 e. The smallest absolute Gasteiger partial charge is 0.306 e. The second kappa shape index (κ2) is 37.9. The number of nitrogens with zero attached hydrogens (tertiary/aromatic N) is 3. The molecular formula is C62H103N7O11S. The summed E-state index contributed by atoms with van der Waals surface area (Å²) in [5.41, 5.74) is 1.55. The Hall–Kier alpha value is -5.11. The average Bonchev–Trinajstić information content (AvgIpc) is 3.93. The Labute approximate surface area is 489 Å². The molecule has 0 bridgehead atoms. The van der Waals surface area contributed by atoms with Gasteiger partial charge in [0.15, 0.2) is 5.78 Å². The SMILES string of the molecule is CCCOCCC(=O)NCCCCC(CC(=O)CC)C(=O)NCCCC(=O)Nc1cc(C[C@@H](CC(C)C(=O)O)NC(=O)c2csc([C@@H](C[C@H](C(C)C)N(CCC)C(=O)[C@@H](CC(=O)C(C)(C)N(C)C)C(C)CC)OCCC)n2)ccc1C. The zero-order chi connectivity index (χ0) is 60.8. The summed E-state index contributed by atoms with van der Waals surface area (Å²) in [7, 11) is 3.75. The lowest BCUT2D eigenvalue weighted by Gasteiger charge is -2.40. The molecule has 5 amide bonds. The summed E-state index contributed by atoms with van der Waals surface area (Å²) in [6, 6.07) is 4.68.